The van der Waals surface area contributed by atoms with Crippen LogP contribution in [0.15, 0.2) is 30.6 Å². The first kappa shape index (κ1) is 15.1. The lowest BCUT2D eigenvalue weighted by atomic mass is 10.1. The van der Waals surface area contributed by atoms with Crippen molar-refractivity contribution in [3.8, 4) is 17.1 Å². The molecule has 0 radical (unpaired) electrons. The molecule has 1 aromatic heterocycles. The van der Waals surface area contributed by atoms with Crippen LogP contribution in [0.2, 0.25) is 0 Å². The third-order valence-corrected chi connectivity index (χ3v) is 3.96. The van der Waals surface area contributed by atoms with Gasteiger partial charge in [-0.1, -0.05) is 0 Å². The highest BCUT2D eigenvalue weighted by atomic mass is 16.5. The van der Waals surface area contributed by atoms with Crippen LogP contribution in [0.25, 0.3) is 11.4 Å². The maximum atomic E-state index is 10.0. The standard InChI is InChI=1S/C17H23N3O2/c1-19(2)11-14-10-13(5-6-16(14)21)17-18-7-8-20(17)12-15-4-3-9-22-15/h5-8,10,15,21H,3-4,9,11-12H2,1-2H3/t15-/m0/s1. The topological polar surface area (TPSA) is 50.5 Å². The van der Waals surface area contributed by atoms with Crippen molar-refractivity contribution >= 4 is 0 Å². The number of aromatic hydroxyl groups is 1. The Morgan fingerprint density at radius 2 is 2.27 bits per heavy atom. The number of hydrogen-bond acceptors (Lipinski definition) is 4. The van der Waals surface area contributed by atoms with Crippen LogP contribution in [-0.4, -0.2) is 46.4 Å². The van der Waals surface area contributed by atoms with Crippen molar-refractivity contribution in [2.45, 2.75) is 32.0 Å². The van der Waals surface area contributed by atoms with Crippen LogP contribution < -0.4 is 0 Å². The summed E-state index contributed by atoms with van der Waals surface area (Å²) in [5, 5.41) is 10.0. The number of rotatable bonds is 5. The molecule has 2 aromatic rings. The second-order valence-electron chi connectivity index (χ2n) is 6.12. The van der Waals surface area contributed by atoms with Crippen molar-refractivity contribution in [1.82, 2.24) is 14.5 Å². The molecule has 1 N–H and O–H groups in total. The quantitative estimate of drug-likeness (QED) is 0.922. The Balaban J connectivity index is 1.86. The molecule has 3 rings (SSSR count). The van der Waals surface area contributed by atoms with Gasteiger partial charge in [-0.25, -0.2) is 4.98 Å². The van der Waals surface area contributed by atoms with E-state index in [-0.39, 0.29) is 6.10 Å². The van der Waals surface area contributed by atoms with Crippen LogP contribution >= 0.6 is 0 Å². The van der Waals surface area contributed by atoms with E-state index in [2.05, 4.69) is 9.55 Å². The number of phenols is 1. The van der Waals surface area contributed by atoms with Crippen LogP contribution in [0.1, 0.15) is 18.4 Å². The predicted octanol–water partition coefficient (Wildman–Crippen LogP) is 2.50. The Morgan fingerprint density at radius 3 is 3.00 bits per heavy atom. The van der Waals surface area contributed by atoms with E-state index in [9.17, 15) is 5.11 Å². The molecule has 0 bridgehead atoms. The van der Waals surface area contributed by atoms with Gasteiger partial charge < -0.3 is 19.3 Å². The second-order valence-corrected chi connectivity index (χ2v) is 6.12. The normalized spacial score (nSPS) is 18.2. The van der Waals surface area contributed by atoms with E-state index >= 15 is 0 Å². The van der Waals surface area contributed by atoms with Gasteiger partial charge in [-0.05, 0) is 45.1 Å². The Labute approximate surface area is 131 Å². The molecule has 1 atom stereocenters. The fraction of sp³-hybridized carbons (Fsp3) is 0.471. The molecule has 0 unspecified atom stereocenters. The Kier molecular flexibility index (Phi) is 4.45. The molecule has 0 aliphatic carbocycles. The SMILES string of the molecule is CN(C)Cc1cc(-c2nccn2C[C@@H]2CCCO2)ccc1O. The lowest BCUT2D eigenvalue weighted by Crippen LogP contribution is -2.15. The van der Waals surface area contributed by atoms with Crippen molar-refractivity contribution in [2.24, 2.45) is 0 Å². The summed E-state index contributed by atoms with van der Waals surface area (Å²) >= 11 is 0. The van der Waals surface area contributed by atoms with Gasteiger partial charge in [0.15, 0.2) is 0 Å². The van der Waals surface area contributed by atoms with Crippen LogP contribution in [0, 0.1) is 0 Å². The minimum atomic E-state index is 0.284. The molecule has 5 nitrogen and oxygen atoms in total. The lowest BCUT2D eigenvalue weighted by Gasteiger charge is -2.15. The van der Waals surface area contributed by atoms with Crippen LogP contribution in [0.4, 0.5) is 0 Å². The molecule has 1 aromatic carbocycles. The third-order valence-electron chi connectivity index (χ3n) is 3.96. The average Bonchev–Trinajstić information content (AvgIpc) is 3.13. The van der Waals surface area contributed by atoms with E-state index in [1.165, 1.54) is 0 Å². The first-order valence-electron chi connectivity index (χ1n) is 7.73. The van der Waals surface area contributed by atoms with Gasteiger partial charge in [-0.3, -0.25) is 0 Å². The fourth-order valence-corrected chi connectivity index (χ4v) is 2.92. The predicted molar refractivity (Wildman–Crippen MR) is 85.7 cm³/mol. The molecule has 0 spiro atoms. The van der Waals surface area contributed by atoms with Crippen LogP contribution in [0.5, 0.6) is 5.75 Å². The molecule has 1 aliphatic heterocycles. The zero-order chi connectivity index (χ0) is 15.5. The van der Waals surface area contributed by atoms with Gasteiger partial charge in [-0.2, -0.15) is 0 Å². The highest BCUT2D eigenvalue weighted by molar-refractivity contribution is 5.59. The second kappa shape index (κ2) is 6.50. The molecule has 2 heterocycles. The van der Waals surface area contributed by atoms with Gasteiger partial charge >= 0.3 is 0 Å². The first-order valence-corrected chi connectivity index (χ1v) is 7.73. The fourth-order valence-electron chi connectivity index (χ4n) is 2.92. The molecule has 1 saturated heterocycles. The molecular formula is C17H23N3O2. The summed E-state index contributed by atoms with van der Waals surface area (Å²) in [6.45, 7) is 2.40. The Hall–Kier alpha value is -1.85. The van der Waals surface area contributed by atoms with E-state index in [0.717, 1.165) is 42.9 Å². The Morgan fingerprint density at radius 1 is 1.41 bits per heavy atom. The number of hydrogen-bond donors (Lipinski definition) is 1. The third kappa shape index (κ3) is 3.31. The maximum absolute atomic E-state index is 10.0. The number of benzene rings is 1. The number of ether oxygens (including phenoxy) is 1. The highest BCUT2D eigenvalue weighted by Crippen LogP contribution is 2.26. The van der Waals surface area contributed by atoms with Crippen molar-refractivity contribution in [3.63, 3.8) is 0 Å². The van der Waals surface area contributed by atoms with Crippen molar-refractivity contribution in [2.75, 3.05) is 20.7 Å². The summed E-state index contributed by atoms with van der Waals surface area (Å²) < 4.78 is 7.86. The summed E-state index contributed by atoms with van der Waals surface area (Å²) in [5.74, 6) is 1.25. The van der Waals surface area contributed by atoms with Crippen molar-refractivity contribution in [1.29, 1.82) is 0 Å². The number of imidazole rings is 1. The van der Waals surface area contributed by atoms with Gasteiger partial charge in [0.25, 0.3) is 0 Å². The first-order chi connectivity index (χ1) is 10.6. The van der Waals surface area contributed by atoms with E-state index in [1.54, 1.807) is 6.07 Å². The molecule has 5 heteroatoms. The Bertz CT molecular complexity index is 631. The molecule has 0 saturated carbocycles. The minimum Gasteiger partial charge on any atom is -0.508 e. The zero-order valence-corrected chi connectivity index (χ0v) is 13.2. The van der Waals surface area contributed by atoms with Crippen molar-refractivity contribution in [3.05, 3.63) is 36.2 Å². The van der Waals surface area contributed by atoms with E-state index < -0.39 is 0 Å². The average molecular weight is 301 g/mol. The molecular weight excluding hydrogens is 278 g/mol. The van der Waals surface area contributed by atoms with Crippen LogP contribution in [0.3, 0.4) is 0 Å². The summed E-state index contributed by atoms with van der Waals surface area (Å²) in [5.41, 5.74) is 1.94. The smallest absolute Gasteiger partial charge is 0.139 e. The van der Waals surface area contributed by atoms with Crippen LogP contribution in [-0.2, 0) is 17.8 Å². The van der Waals surface area contributed by atoms with Gasteiger partial charge in [0.1, 0.15) is 11.6 Å². The molecule has 0 amide bonds. The maximum Gasteiger partial charge on any atom is 0.139 e. The molecule has 118 valence electrons. The number of aromatic nitrogens is 2. The van der Waals surface area contributed by atoms with Gasteiger partial charge in [0, 0.05) is 36.7 Å². The zero-order valence-electron chi connectivity index (χ0n) is 13.2. The summed E-state index contributed by atoms with van der Waals surface area (Å²) in [6, 6.07) is 5.69. The molecule has 22 heavy (non-hydrogen) atoms. The molecule has 1 fully saturated rings. The lowest BCUT2D eigenvalue weighted by molar-refractivity contribution is 0.0974. The van der Waals surface area contributed by atoms with Gasteiger partial charge in [0.05, 0.1) is 12.6 Å². The summed E-state index contributed by atoms with van der Waals surface area (Å²) in [7, 11) is 3.98. The van der Waals surface area contributed by atoms with E-state index in [4.69, 9.17) is 4.74 Å². The highest BCUT2D eigenvalue weighted by Gasteiger charge is 2.18. The minimum absolute atomic E-state index is 0.284. The van der Waals surface area contributed by atoms with Gasteiger partial charge in [-0.15, -0.1) is 0 Å². The van der Waals surface area contributed by atoms with E-state index in [0.29, 0.717) is 12.3 Å². The van der Waals surface area contributed by atoms with Crippen molar-refractivity contribution < 1.29 is 9.84 Å². The van der Waals surface area contributed by atoms with E-state index in [1.807, 2.05) is 43.5 Å². The summed E-state index contributed by atoms with van der Waals surface area (Å²) in [6.07, 6.45) is 6.35. The number of nitrogens with zero attached hydrogens (tertiary/aromatic N) is 3. The largest absolute Gasteiger partial charge is 0.508 e. The molecule has 1 aliphatic rings. The van der Waals surface area contributed by atoms with Gasteiger partial charge in [0.2, 0.25) is 0 Å². The monoisotopic (exact) mass is 301 g/mol. The summed E-state index contributed by atoms with van der Waals surface area (Å²) in [4.78, 5) is 6.53. The number of phenolic OH excluding ortho intramolecular Hbond substituents is 1.